The second-order valence-electron chi connectivity index (χ2n) is 15.0. The highest BCUT2D eigenvalue weighted by molar-refractivity contribution is 6.35. The molecular weight excluding hydrogens is 804 g/mol. The minimum atomic E-state index is -1.92. The summed E-state index contributed by atoms with van der Waals surface area (Å²) in [6.07, 6.45) is -11.0. The van der Waals surface area contributed by atoms with E-state index in [9.17, 15) is 34.5 Å². The van der Waals surface area contributed by atoms with E-state index in [0.29, 0.717) is 11.1 Å². The number of aliphatic hydroxyl groups excluding tert-OH is 1. The summed E-state index contributed by atoms with van der Waals surface area (Å²) in [5, 5.41) is 39.3. The standard InChI is InChI=1S/C38H51ClN4O16/c1-17-9-8-10-25(52-6)38(51)15-23(56-36(50)42-38)18(2)32-37(4,59-32)26(57-35(49)41-5)14-27(46)43(21-12-20(11-17)13-22(45)28(21)39)33-29(47)31(53-7)30(58-34(40)48)24(55-33)16-54-19(3)44/h8-10,12-13,18,23-26,29-33,45,47,51H,11,14-16H2,1-7H3,(H2,40,48)(H,41,49)(H,42,50)/b10-8+,17-9+/t18-,23+,24+,25-,26+,29+,30+,31+,32+,33+,37+,38+/m1/s1. The topological polar surface area (TPSA) is 276 Å². The molecule has 0 aromatic heterocycles. The lowest BCUT2D eigenvalue weighted by atomic mass is 9.83. The Bertz CT molecular complexity index is 1850. The lowest BCUT2D eigenvalue weighted by molar-refractivity contribution is -0.236. The first kappa shape index (κ1) is 45.4. The fourth-order valence-corrected chi connectivity index (χ4v) is 8.03. The van der Waals surface area contributed by atoms with Crippen LogP contribution < -0.4 is 21.3 Å². The zero-order valence-corrected chi connectivity index (χ0v) is 34.3. The highest BCUT2D eigenvalue weighted by atomic mass is 35.5. The number of fused-ring (bicyclic) bond motifs is 5. The number of primary amides is 1. The number of amides is 4. The molecule has 20 nitrogen and oxygen atoms in total. The summed E-state index contributed by atoms with van der Waals surface area (Å²) in [5.74, 6) is -2.75. The Kier molecular flexibility index (Phi) is 14.1. The molecule has 1 aromatic rings. The molecule has 4 aliphatic rings. The minimum Gasteiger partial charge on any atom is -0.506 e. The van der Waals surface area contributed by atoms with Crippen molar-refractivity contribution in [2.45, 2.75) is 113 Å². The van der Waals surface area contributed by atoms with Crippen molar-refractivity contribution < 1.29 is 77.2 Å². The van der Waals surface area contributed by atoms with Crippen molar-refractivity contribution in [2.75, 3.05) is 32.8 Å². The molecule has 0 unspecified atom stereocenters. The molecule has 5 rings (SSSR count). The zero-order valence-electron chi connectivity index (χ0n) is 33.5. The highest BCUT2D eigenvalue weighted by Crippen LogP contribution is 2.49. The van der Waals surface area contributed by atoms with E-state index >= 15 is 4.79 Å². The third-order valence-corrected chi connectivity index (χ3v) is 11.2. The van der Waals surface area contributed by atoms with E-state index in [1.54, 1.807) is 39.0 Å². The van der Waals surface area contributed by atoms with E-state index < -0.39 is 121 Å². The molecule has 4 amide bonds. The maximum atomic E-state index is 15.0. The largest absolute Gasteiger partial charge is 0.506 e. The number of aliphatic hydroxyl groups is 2. The van der Waals surface area contributed by atoms with Gasteiger partial charge in [-0.3, -0.25) is 19.8 Å². The number of hydrogen-bond acceptors (Lipinski definition) is 16. The van der Waals surface area contributed by atoms with Crippen LogP contribution in [-0.4, -0.2) is 140 Å². The Morgan fingerprint density at radius 1 is 1.15 bits per heavy atom. The van der Waals surface area contributed by atoms with Crippen LogP contribution in [0.4, 0.5) is 20.1 Å². The molecule has 1 aromatic carbocycles. The number of phenols is 1. The number of ether oxygens (including phenoxy) is 8. The molecule has 0 aliphatic carbocycles. The summed E-state index contributed by atoms with van der Waals surface area (Å²) in [4.78, 5) is 65.6. The van der Waals surface area contributed by atoms with Gasteiger partial charge in [0.2, 0.25) is 5.91 Å². The van der Waals surface area contributed by atoms with E-state index in [1.807, 2.05) is 0 Å². The summed E-state index contributed by atoms with van der Waals surface area (Å²) in [5.41, 5.74) is 2.97. The number of esters is 1. The summed E-state index contributed by atoms with van der Waals surface area (Å²) < 4.78 is 45.4. The Hall–Kier alpha value is -4.70. The third-order valence-electron chi connectivity index (χ3n) is 10.9. The van der Waals surface area contributed by atoms with Crippen molar-refractivity contribution in [3.8, 4) is 5.75 Å². The number of epoxide rings is 1. The van der Waals surface area contributed by atoms with Gasteiger partial charge in [0.25, 0.3) is 0 Å². The number of benzene rings is 1. The fraction of sp³-hybridized carbons (Fsp3) is 0.605. The van der Waals surface area contributed by atoms with Crippen LogP contribution in [-0.2, 0) is 53.9 Å². The molecule has 4 aliphatic heterocycles. The number of carbonyl (C=O) groups excluding carboxylic acids is 5. The fourth-order valence-electron chi connectivity index (χ4n) is 7.83. The lowest BCUT2D eigenvalue weighted by Gasteiger charge is -2.47. The van der Waals surface area contributed by atoms with Gasteiger partial charge in [-0.2, -0.15) is 0 Å². The number of rotatable bonds is 7. The van der Waals surface area contributed by atoms with E-state index in [-0.39, 0.29) is 23.6 Å². The number of carbonyl (C=O) groups is 5. The second kappa shape index (κ2) is 18.3. The first-order valence-corrected chi connectivity index (χ1v) is 19.1. The minimum absolute atomic E-state index is 0.148. The van der Waals surface area contributed by atoms with Gasteiger partial charge in [0.1, 0.15) is 59.6 Å². The molecule has 4 bridgehead atoms. The summed E-state index contributed by atoms with van der Waals surface area (Å²) >= 11 is 6.76. The first-order valence-electron chi connectivity index (χ1n) is 18.7. The molecule has 0 saturated carbocycles. The number of methoxy groups -OCH3 is 2. The lowest BCUT2D eigenvalue weighted by Crippen LogP contribution is -2.66. The molecule has 59 heavy (non-hydrogen) atoms. The number of alkyl carbamates (subject to hydrolysis) is 2. The smallest absolute Gasteiger partial charge is 0.409 e. The molecule has 7 N–H and O–H groups in total. The van der Waals surface area contributed by atoms with Crippen molar-refractivity contribution in [1.29, 1.82) is 0 Å². The van der Waals surface area contributed by atoms with Gasteiger partial charge in [-0.25, -0.2) is 14.4 Å². The Morgan fingerprint density at radius 3 is 2.49 bits per heavy atom. The van der Waals surface area contributed by atoms with Crippen LogP contribution in [0.3, 0.4) is 0 Å². The van der Waals surface area contributed by atoms with Gasteiger partial charge < -0.3 is 64.3 Å². The quantitative estimate of drug-likeness (QED) is 0.129. The van der Waals surface area contributed by atoms with E-state index in [1.165, 1.54) is 33.4 Å². The number of phenolic OH excluding ortho intramolecular Hbond substituents is 1. The number of nitrogens with zero attached hydrogens (tertiary/aromatic N) is 1. The first-order chi connectivity index (χ1) is 27.8. The molecule has 21 heteroatoms. The van der Waals surface area contributed by atoms with Crippen LogP contribution >= 0.6 is 11.6 Å². The average molecular weight is 855 g/mol. The van der Waals surface area contributed by atoms with Crippen molar-refractivity contribution in [2.24, 2.45) is 11.7 Å². The molecule has 12 atom stereocenters. The summed E-state index contributed by atoms with van der Waals surface area (Å²) in [7, 11) is 3.87. The maximum absolute atomic E-state index is 15.0. The predicted molar refractivity (Wildman–Crippen MR) is 204 cm³/mol. The third kappa shape index (κ3) is 9.86. The number of hydrogen-bond donors (Lipinski definition) is 6. The van der Waals surface area contributed by atoms with Crippen LogP contribution in [0.1, 0.15) is 46.1 Å². The normalized spacial score (nSPS) is 36.4. The van der Waals surface area contributed by atoms with Gasteiger partial charge in [-0.1, -0.05) is 42.3 Å². The van der Waals surface area contributed by atoms with Gasteiger partial charge in [-0.05, 0) is 38.0 Å². The van der Waals surface area contributed by atoms with Gasteiger partial charge in [0.05, 0.1) is 18.2 Å². The molecule has 3 fully saturated rings. The predicted octanol–water partition coefficient (Wildman–Crippen LogP) is 1.68. The molecule has 4 heterocycles. The number of halogens is 1. The monoisotopic (exact) mass is 854 g/mol. The number of anilines is 1. The highest BCUT2D eigenvalue weighted by Gasteiger charge is 2.65. The van der Waals surface area contributed by atoms with Gasteiger partial charge in [0, 0.05) is 40.5 Å². The SMILES string of the molecule is CNC(=O)O[C@H]1CC(=O)N([C@H]2O[C@@H](COC(C)=O)[C@H](OC(N)=O)[C@@H](OC)[C@@H]2O)c2cc(cc(O)c2Cl)C/C(C)=C/C=C/[C@@H](OC)[C@@]2(O)C[C@H](OC(=O)N2)[C@@H](C)[C@@H]2O[C@@]12C. The Balaban J connectivity index is 1.68. The molecule has 0 radical (unpaired) electrons. The summed E-state index contributed by atoms with van der Waals surface area (Å²) in [6, 6.07) is 2.85. The van der Waals surface area contributed by atoms with Crippen LogP contribution in [0.5, 0.6) is 5.75 Å². The molecular formula is C38H51ClN4O16. The number of nitrogens with two attached hydrogens (primary N) is 1. The average Bonchev–Trinajstić information content (AvgIpc) is 3.86. The Labute approximate surface area is 344 Å². The number of nitrogens with one attached hydrogen (secondary N) is 2. The maximum Gasteiger partial charge on any atom is 0.409 e. The zero-order chi connectivity index (χ0) is 43.6. The second-order valence-corrected chi connectivity index (χ2v) is 15.4. The van der Waals surface area contributed by atoms with Crippen molar-refractivity contribution in [3.05, 3.63) is 46.5 Å². The van der Waals surface area contributed by atoms with Gasteiger partial charge in [-0.15, -0.1) is 0 Å². The van der Waals surface area contributed by atoms with Gasteiger partial charge >= 0.3 is 24.2 Å². The summed E-state index contributed by atoms with van der Waals surface area (Å²) in [6.45, 7) is 5.63. The van der Waals surface area contributed by atoms with Crippen molar-refractivity contribution in [1.82, 2.24) is 10.6 Å². The van der Waals surface area contributed by atoms with Crippen LogP contribution in [0, 0.1) is 5.92 Å². The number of allylic oxidation sites excluding steroid dienone is 3. The van der Waals surface area contributed by atoms with Crippen LogP contribution in [0.2, 0.25) is 5.02 Å². The van der Waals surface area contributed by atoms with Crippen molar-refractivity contribution >= 4 is 47.4 Å². The van der Waals surface area contributed by atoms with Gasteiger partial charge in [0.15, 0.2) is 18.1 Å². The molecule has 0 spiro atoms. The molecule has 326 valence electrons. The van der Waals surface area contributed by atoms with E-state index in [2.05, 4.69) is 10.6 Å². The Morgan fingerprint density at radius 2 is 1.86 bits per heavy atom. The van der Waals surface area contributed by atoms with Crippen molar-refractivity contribution in [3.63, 3.8) is 0 Å². The van der Waals surface area contributed by atoms with Crippen LogP contribution in [0.25, 0.3) is 0 Å². The molecule has 3 saturated heterocycles. The number of aromatic hydroxyl groups is 1. The van der Waals surface area contributed by atoms with E-state index in [0.717, 1.165) is 11.8 Å². The van der Waals surface area contributed by atoms with E-state index in [4.69, 9.17) is 55.2 Å². The van der Waals surface area contributed by atoms with Crippen LogP contribution in [0.15, 0.2) is 35.9 Å².